The van der Waals surface area contributed by atoms with E-state index in [1.807, 2.05) is 7.05 Å². The van der Waals surface area contributed by atoms with Crippen LogP contribution in [0.4, 0.5) is 5.82 Å². The highest BCUT2D eigenvalue weighted by Gasteiger charge is 2.10. The van der Waals surface area contributed by atoms with Gasteiger partial charge in [-0.25, -0.2) is 9.78 Å². The molecule has 0 saturated carbocycles. The fraction of sp³-hybridized carbons (Fsp3) is 0.333. The van der Waals surface area contributed by atoms with Crippen molar-refractivity contribution in [1.29, 1.82) is 0 Å². The van der Waals surface area contributed by atoms with Crippen molar-refractivity contribution in [2.45, 2.75) is 5.16 Å². The molecule has 0 aliphatic rings. The summed E-state index contributed by atoms with van der Waals surface area (Å²) in [4.78, 5) is 39.3. The molecule has 0 fully saturated rings. The van der Waals surface area contributed by atoms with Gasteiger partial charge < -0.3 is 9.88 Å². The zero-order chi connectivity index (χ0) is 15.6. The highest BCUT2D eigenvalue weighted by molar-refractivity contribution is 7.99. The van der Waals surface area contributed by atoms with Gasteiger partial charge in [0.05, 0.1) is 5.75 Å². The van der Waals surface area contributed by atoms with Gasteiger partial charge >= 0.3 is 5.69 Å². The van der Waals surface area contributed by atoms with Crippen molar-refractivity contribution in [3.05, 3.63) is 39.3 Å². The first kappa shape index (κ1) is 15.1. The summed E-state index contributed by atoms with van der Waals surface area (Å²) in [7, 11) is 4.70. The molecule has 2 aromatic rings. The average Bonchev–Trinajstić information content (AvgIpc) is 2.85. The third kappa shape index (κ3) is 3.24. The van der Waals surface area contributed by atoms with E-state index in [0.717, 1.165) is 4.57 Å². The second-order valence-corrected chi connectivity index (χ2v) is 5.37. The van der Waals surface area contributed by atoms with Gasteiger partial charge in [0.15, 0.2) is 5.16 Å². The molecule has 2 heterocycles. The Morgan fingerprint density at radius 3 is 2.62 bits per heavy atom. The Bertz CT molecular complexity index is 789. The molecule has 21 heavy (non-hydrogen) atoms. The molecule has 0 unspecified atom stereocenters. The first-order chi connectivity index (χ1) is 9.90. The number of hydrogen-bond acceptors (Lipinski definition) is 5. The molecular formula is C12H15N5O3S. The van der Waals surface area contributed by atoms with Gasteiger partial charge in [-0.05, 0) is 0 Å². The quantitative estimate of drug-likeness (QED) is 0.772. The SMILES string of the molecule is Cn1ccnc1SCC(=O)Nc1cc(=O)n(C)c(=O)n1C. The van der Waals surface area contributed by atoms with Crippen LogP contribution in [-0.4, -0.2) is 30.3 Å². The van der Waals surface area contributed by atoms with Crippen molar-refractivity contribution < 1.29 is 4.79 Å². The Kier molecular flexibility index (Phi) is 4.32. The number of aryl methyl sites for hydroxylation is 1. The smallest absolute Gasteiger partial charge is 0.329 e. The van der Waals surface area contributed by atoms with E-state index in [1.54, 1.807) is 17.0 Å². The minimum absolute atomic E-state index is 0.133. The second kappa shape index (κ2) is 6.00. The van der Waals surface area contributed by atoms with Crippen LogP contribution in [-0.2, 0) is 25.9 Å². The van der Waals surface area contributed by atoms with Crippen LogP contribution in [0.15, 0.2) is 33.2 Å². The lowest BCUT2D eigenvalue weighted by atomic mass is 10.5. The molecule has 8 nitrogen and oxygen atoms in total. The number of thioether (sulfide) groups is 1. The topological polar surface area (TPSA) is 90.9 Å². The molecule has 2 rings (SSSR count). The Balaban J connectivity index is 2.09. The molecule has 0 radical (unpaired) electrons. The number of rotatable bonds is 4. The van der Waals surface area contributed by atoms with Gasteiger partial charge in [0.1, 0.15) is 5.82 Å². The van der Waals surface area contributed by atoms with Crippen molar-refractivity contribution >= 4 is 23.5 Å². The fourth-order valence-electron chi connectivity index (χ4n) is 1.65. The lowest BCUT2D eigenvalue weighted by Crippen LogP contribution is -2.38. The third-order valence-electron chi connectivity index (χ3n) is 2.90. The van der Waals surface area contributed by atoms with E-state index in [0.29, 0.717) is 5.16 Å². The zero-order valence-electron chi connectivity index (χ0n) is 11.9. The van der Waals surface area contributed by atoms with Crippen LogP contribution in [0.5, 0.6) is 0 Å². The number of carbonyl (C=O) groups is 1. The molecule has 2 aromatic heterocycles. The zero-order valence-corrected chi connectivity index (χ0v) is 12.7. The maximum atomic E-state index is 11.9. The van der Waals surface area contributed by atoms with Gasteiger partial charge in [-0.3, -0.25) is 18.7 Å². The normalized spacial score (nSPS) is 10.6. The third-order valence-corrected chi connectivity index (χ3v) is 3.96. The van der Waals surface area contributed by atoms with Gasteiger partial charge in [-0.1, -0.05) is 11.8 Å². The van der Waals surface area contributed by atoms with Crippen molar-refractivity contribution in [2.24, 2.45) is 21.1 Å². The van der Waals surface area contributed by atoms with Crippen LogP contribution in [0.3, 0.4) is 0 Å². The summed E-state index contributed by atoms with van der Waals surface area (Å²) in [5.74, 6) is -0.00589. The van der Waals surface area contributed by atoms with Crippen molar-refractivity contribution in [1.82, 2.24) is 18.7 Å². The molecule has 0 bridgehead atoms. The predicted octanol–water partition coefficient (Wildman–Crippen LogP) is -0.452. The van der Waals surface area contributed by atoms with E-state index >= 15 is 0 Å². The van der Waals surface area contributed by atoms with Gasteiger partial charge in [0.2, 0.25) is 5.91 Å². The van der Waals surface area contributed by atoms with Crippen LogP contribution in [0.1, 0.15) is 0 Å². The van der Waals surface area contributed by atoms with E-state index in [9.17, 15) is 14.4 Å². The number of amides is 1. The van der Waals surface area contributed by atoms with E-state index < -0.39 is 11.2 Å². The number of imidazole rings is 1. The summed E-state index contributed by atoms with van der Waals surface area (Å²) in [6.07, 6.45) is 3.43. The van der Waals surface area contributed by atoms with E-state index in [2.05, 4.69) is 10.3 Å². The van der Waals surface area contributed by atoms with Crippen LogP contribution >= 0.6 is 11.8 Å². The van der Waals surface area contributed by atoms with Gasteiger partial charge in [-0.15, -0.1) is 0 Å². The Morgan fingerprint density at radius 2 is 2.00 bits per heavy atom. The van der Waals surface area contributed by atoms with E-state index in [4.69, 9.17) is 0 Å². The number of anilines is 1. The first-order valence-electron chi connectivity index (χ1n) is 6.07. The maximum absolute atomic E-state index is 11.9. The Morgan fingerprint density at radius 1 is 1.29 bits per heavy atom. The molecule has 9 heteroatoms. The number of carbonyl (C=O) groups excluding carboxylic acids is 1. The standard InChI is InChI=1S/C12H15N5O3S/c1-15-5-4-13-11(15)21-7-9(18)14-8-6-10(19)17(3)12(20)16(8)2/h4-6H,7H2,1-3H3,(H,14,18). The monoisotopic (exact) mass is 309 g/mol. The summed E-state index contributed by atoms with van der Waals surface area (Å²) < 4.78 is 3.98. The highest BCUT2D eigenvalue weighted by atomic mass is 32.2. The van der Waals surface area contributed by atoms with E-state index in [-0.39, 0.29) is 17.5 Å². The molecule has 0 saturated heterocycles. The highest BCUT2D eigenvalue weighted by Crippen LogP contribution is 2.14. The number of aromatic nitrogens is 4. The van der Waals surface area contributed by atoms with Crippen LogP contribution in [0.25, 0.3) is 0 Å². The maximum Gasteiger partial charge on any atom is 0.332 e. The molecule has 0 aromatic carbocycles. The Hall–Kier alpha value is -2.29. The molecule has 0 aliphatic carbocycles. The minimum atomic E-state index is -0.491. The summed E-state index contributed by atoms with van der Waals surface area (Å²) in [5, 5.41) is 3.26. The summed E-state index contributed by atoms with van der Waals surface area (Å²) in [6, 6.07) is 1.21. The second-order valence-electron chi connectivity index (χ2n) is 4.43. The lowest BCUT2D eigenvalue weighted by molar-refractivity contribution is -0.113. The molecule has 0 aliphatic heterocycles. The summed E-state index contributed by atoms with van der Waals surface area (Å²) >= 11 is 1.27. The molecule has 0 atom stereocenters. The molecular weight excluding hydrogens is 294 g/mol. The predicted molar refractivity (Wildman–Crippen MR) is 79.5 cm³/mol. The van der Waals surface area contributed by atoms with Crippen molar-refractivity contribution in [3.63, 3.8) is 0 Å². The number of nitrogens with one attached hydrogen (secondary N) is 1. The van der Waals surface area contributed by atoms with Crippen LogP contribution < -0.4 is 16.6 Å². The minimum Gasteiger partial charge on any atom is -0.329 e. The van der Waals surface area contributed by atoms with Crippen LogP contribution in [0, 0.1) is 0 Å². The van der Waals surface area contributed by atoms with Gasteiger partial charge in [-0.2, -0.15) is 0 Å². The summed E-state index contributed by atoms with van der Waals surface area (Å²) in [5.41, 5.74) is -0.959. The molecule has 0 spiro atoms. The van der Waals surface area contributed by atoms with Crippen LogP contribution in [0.2, 0.25) is 0 Å². The molecule has 1 N–H and O–H groups in total. The molecule has 112 valence electrons. The number of nitrogens with zero attached hydrogens (tertiary/aromatic N) is 4. The van der Waals surface area contributed by atoms with Gasteiger partial charge in [0, 0.05) is 39.6 Å². The van der Waals surface area contributed by atoms with Crippen molar-refractivity contribution in [2.75, 3.05) is 11.1 Å². The van der Waals surface area contributed by atoms with Gasteiger partial charge in [0.25, 0.3) is 5.56 Å². The Labute approximate surface area is 124 Å². The first-order valence-corrected chi connectivity index (χ1v) is 7.05. The largest absolute Gasteiger partial charge is 0.332 e. The fourth-order valence-corrected chi connectivity index (χ4v) is 2.39. The average molecular weight is 309 g/mol. The van der Waals surface area contributed by atoms with E-state index in [1.165, 1.54) is 36.5 Å². The summed E-state index contributed by atoms with van der Waals surface area (Å²) in [6.45, 7) is 0. The lowest BCUT2D eigenvalue weighted by Gasteiger charge is -2.10. The number of hydrogen-bond donors (Lipinski definition) is 1. The van der Waals surface area contributed by atoms with Crippen molar-refractivity contribution in [3.8, 4) is 0 Å². The molecule has 1 amide bonds.